The molecule has 0 spiro atoms. The second kappa shape index (κ2) is 8.29. The average molecular weight is 326 g/mol. The van der Waals surface area contributed by atoms with Crippen LogP contribution >= 0.6 is 0 Å². The summed E-state index contributed by atoms with van der Waals surface area (Å²) in [5.74, 6) is 0.345. The van der Waals surface area contributed by atoms with Crippen molar-refractivity contribution in [2.75, 3.05) is 6.54 Å². The van der Waals surface area contributed by atoms with Gasteiger partial charge in [0, 0.05) is 18.2 Å². The number of benzene rings is 1. The van der Waals surface area contributed by atoms with Crippen LogP contribution in [0, 0.1) is 5.92 Å². The predicted octanol–water partition coefficient (Wildman–Crippen LogP) is 2.54. The van der Waals surface area contributed by atoms with Crippen LogP contribution in [0.5, 0.6) is 0 Å². The Morgan fingerprint density at radius 3 is 2.45 bits per heavy atom. The highest BCUT2D eigenvalue weighted by molar-refractivity contribution is 7.89. The minimum absolute atomic E-state index is 0.0592. The summed E-state index contributed by atoms with van der Waals surface area (Å²) in [7, 11) is -3.55. The van der Waals surface area contributed by atoms with Crippen LogP contribution in [-0.2, 0) is 10.0 Å². The van der Waals surface area contributed by atoms with Gasteiger partial charge in [-0.2, -0.15) is 0 Å². The maximum atomic E-state index is 12.2. The Bertz CT molecular complexity index is 597. The minimum Gasteiger partial charge on any atom is -0.350 e. The summed E-state index contributed by atoms with van der Waals surface area (Å²) in [4.78, 5) is 12.3. The molecule has 0 fully saturated rings. The number of amides is 1. The Kier molecular flexibility index (Phi) is 7.03. The first-order valence-corrected chi connectivity index (χ1v) is 9.15. The molecule has 1 aromatic carbocycles. The lowest BCUT2D eigenvalue weighted by Gasteiger charge is -2.15. The third-order valence-electron chi connectivity index (χ3n) is 3.30. The molecule has 22 heavy (non-hydrogen) atoms. The molecule has 2 N–H and O–H groups in total. The SMILES string of the molecule is CCNS(=O)(=O)c1cccc(C(=O)NC(C)CCC(C)C)c1. The lowest BCUT2D eigenvalue weighted by molar-refractivity contribution is 0.0937. The maximum absolute atomic E-state index is 12.2. The first-order valence-electron chi connectivity index (χ1n) is 7.66. The van der Waals surface area contributed by atoms with Gasteiger partial charge in [0.05, 0.1) is 4.90 Å². The minimum atomic E-state index is -3.55. The van der Waals surface area contributed by atoms with Gasteiger partial charge in [-0.3, -0.25) is 4.79 Å². The number of hydrogen-bond donors (Lipinski definition) is 2. The van der Waals surface area contributed by atoms with Gasteiger partial charge < -0.3 is 5.32 Å². The van der Waals surface area contributed by atoms with Crippen molar-refractivity contribution in [3.63, 3.8) is 0 Å². The van der Waals surface area contributed by atoms with E-state index in [4.69, 9.17) is 0 Å². The van der Waals surface area contributed by atoms with Gasteiger partial charge in [-0.05, 0) is 43.9 Å². The summed E-state index contributed by atoms with van der Waals surface area (Å²) < 4.78 is 26.3. The monoisotopic (exact) mass is 326 g/mol. The molecule has 0 aliphatic rings. The first-order chi connectivity index (χ1) is 10.3. The van der Waals surface area contributed by atoms with E-state index in [1.54, 1.807) is 19.1 Å². The van der Waals surface area contributed by atoms with E-state index < -0.39 is 10.0 Å². The zero-order chi connectivity index (χ0) is 16.8. The van der Waals surface area contributed by atoms with Gasteiger partial charge >= 0.3 is 0 Å². The Hall–Kier alpha value is -1.40. The molecule has 0 bridgehead atoms. The summed E-state index contributed by atoms with van der Waals surface area (Å²) >= 11 is 0. The Labute approximate surface area is 133 Å². The van der Waals surface area contributed by atoms with Gasteiger partial charge in [-0.25, -0.2) is 13.1 Å². The number of hydrogen-bond acceptors (Lipinski definition) is 3. The smallest absolute Gasteiger partial charge is 0.251 e. The van der Waals surface area contributed by atoms with Crippen molar-refractivity contribution < 1.29 is 13.2 Å². The average Bonchev–Trinajstić information content (AvgIpc) is 2.45. The molecule has 1 aromatic rings. The quantitative estimate of drug-likeness (QED) is 0.771. The first kappa shape index (κ1) is 18.6. The van der Waals surface area contributed by atoms with Crippen molar-refractivity contribution in [3.8, 4) is 0 Å². The lowest BCUT2D eigenvalue weighted by atomic mass is 10.0. The molecule has 1 atom stereocenters. The molecule has 0 heterocycles. The highest BCUT2D eigenvalue weighted by Crippen LogP contribution is 2.12. The van der Waals surface area contributed by atoms with Crippen LogP contribution in [-0.4, -0.2) is 26.9 Å². The number of carbonyl (C=O) groups excluding carboxylic acids is 1. The van der Waals surface area contributed by atoms with Gasteiger partial charge in [0.25, 0.3) is 5.91 Å². The number of carbonyl (C=O) groups is 1. The van der Waals surface area contributed by atoms with Crippen molar-refractivity contribution in [2.45, 2.75) is 51.5 Å². The molecule has 0 radical (unpaired) electrons. The molecule has 1 amide bonds. The number of sulfonamides is 1. The second-order valence-corrected chi connectivity index (χ2v) is 7.64. The molecular weight excluding hydrogens is 300 g/mol. The zero-order valence-electron chi connectivity index (χ0n) is 13.7. The number of nitrogens with one attached hydrogen (secondary N) is 2. The third kappa shape index (κ3) is 5.77. The van der Waals surface area contributed by atoms with Crippen LogP contribution < -0.4 is 10.0 Å². The summed E-state index contributed by atoms with van der Waals surface area (Å²) in [5.41, 5.74) is 0.357. The van der Waals surface area contributed by atoms with E-state index in [1.165, 1.54) is 12.1 Å². The summed E-state index contributed by atoms with van der Waals surface area (Å²) in [6, 6.07) is 6.15. The molecule has 0 saturated heterocycles. The van der Waals surface area contributed by atoms with E-state index >= 15 is 0 Å². The molecule has 0 aliphatic carbocycles. The van der Waals surface area contributed by atoms with Crippen LogP contribution in [0.15, 0.2) is 29.2 Å². The molecular formula is C16H26N2O3S. The van der Waals surface area contributed by atoms with Crippen molar-refractivity contribution in [1.82, 2.24) is 10.0 Å². The van der Waals surface area contributed by atoms with E-state index in [1.807, 2.05) is 6.92 Å². The van der Waals surface area contributed by atoms with Gasteiger partial charge in [-0.15, -0.1) is 0 Å². The van der Waals surface area contributed by atoms with E-state index in [2.05, 4.69) is 23.9 Å². The normalized spacial score (nSPS) is 13.1. The van der Waals surface area contributed by atoms with Gasteiger partial charge in [0.1, 0.15) is 0 Å². The van der Waals surface area contributed by atoms with Crippen molar-refractivity contribution in [3.05, 3.63) is 29.8 Å². The topological polar surface area (TPSA) is 75.3 Å². The molecule has 1 unspecified atom stereocenters. The van der Waals surface area contributed by atoms with Gasteiger partial charge in [-0.1, -0.05) is 26.8 Å². The molecule has 6 heteroatoms. The van der Waals surface area contributed by atoms with Crippen molar-refractivity contribution >= 4 is 15.9 Å². The van der Waals surface area contributed by atoms with E-state index in [9.17, 15) is 13.2 Å². The Morgan fingerprint density at radius 1 is 1.18 bits per heavy atom. The fraction of sp³-hybridized carbons (Fsp3) is 0.562. The molecule has 0 saturated carbocycles. The fourth-order valence-corrected chi connectivity index (χ4v) is 3.13. The van der Waals surface area contributed by atoms with E-state index in [0.29, 0.717) is 18.0 Å². The molecule has 0 aliphatic heterocycles. The molecule has 5 nitrogen and oxygen atoms in total. The van der Waals surface area contributed by atoms with Crippen molar-refractivity contribution in [2.24, 2.45) is 5.92 Å². The zero-order valence-corrected chi connectivity index (χ0v) is 14.5. The van der Waals surface area contributed by atoms with Crippen LogP contribution in [0.25, 0.3) is 0 Å². The van der Waals surface area contributed by atoms with E-state index in [-0.39, 0.29) is 16.8 Å². The Morgan fingerprint density at radius 2 is 1.86 bits per heavy atom. The Balaban J connectivity index is 2.79. The second-order valence-electron chi connectivity index (χ2n) is 5.87. The highest BCUT2D eigenvalue weighted by Gasteiger charge is 2.16. The van der Waals surface area contributed by atoms with Crippen LogP contribution in [0.1, 0.15) is 50.9 Å². The standard InChI is InChI=1S/C16H26N2O3S/c1-5-17-22(20,21)15-8-6-7-14(11-15)16(19)18-13(4)10-9-12(2)3/h6-8,11-13,17H,5,9-10H2,1-4H3,(H,18,19). The van der Waals surface area contributed by atoms with Gasteiger partial charge in [0.15, 0.2) is 0 Å². The largest absolute Gasteiger partial charge is 0.350 e. The molecule has 1 rings (SSSR count). The summed E-state index contributed by atoms with van der Waals surface area (Å²) in [6.45, 7) is 8.27. The van der Waals surface area contributed by atoms with Crippen LogP contribution in [0.2, 0.25) is 0 Å². The van der Waals surface area contributed by atoms with Crippen LogP contribution in [0.4, 0.5) is 0 Å². The third-order valence-corrected chi connectivity index (χ3v) is 4.84. The predicted molar refractivity (Wildman–Crippen MR) is 88.3 cm³/mol. The number of rotatable bonds is 8. The molecule has 124 valence electrons. The summed E-state index contributed by atoms with van der Waals surface area (Å²) in [6.07, 6.45) is 1.94. The van der Waals surface area contributed by atoms with Crippen LogP contribution in [0.3, 0.4) is 0 Å². The van der Waals surface area contributed by atoms with E-state index in [0.717, 1.165) is 12.8 Å². The maximum Gasteiger partial charge on any atom is 0.251 e. The molecule has 0 aromatic heterocycles. The summed E-state index contributed by atoms with van der Waals surface area (Å²) in [5, 5.41) is 2.91. The van der Waals surface area contributed by atoms with Gasteiger partial charge in [0.2, 0.25) is 10.0 Å². The van der Waals surface area contributed by atoms with Crippen molar-refractivity contribution in [1.29, 1.82) is 0 Å². The lowest BCUT2D eigenvalue weighted by Crippen LogP contribution is -2.33. The fourth-order valence-electron chi connectivity index (χ4n) is 2.04. The highest BCUT2D eigenvalue weighted by atomic mass is 32.2.